The first-order valence-electron chi connectivity index (χ1n) is 4.62. The Kier molecular flexibility index (Phi) is 2.13. The van der Waals surface area contributed by atoms with E-state index in [0.717, 1.165) is 16.2 Å². The van der Waals surface area contributed by atoms with Crippen LogP contribution in [0.25, 0.3) is 20.2 Å². The van der Waals surface area contributed by atoms with E-state index in [1.165, 1.54) is 17.4 Å². The predicted molar refractivity (Wildman–Crippen MR) is 64.3 cm³/mol. The van der Waals surface area contributed by atoms with Crippen LogP contribution in [0.15, 0.2) is 30.3 Å². The molecule has 80 valence electrons. The van der Waals surface area contributed by atoms with Crippen molar-refractivity contribution in [3.05, 3.63) is 47.0 Å². The van der Waals surface area contributed by atoms with Gasteiger partial charge in [-0.25, -0.2) is 8.78 Å². The summed E-state index contributed by atoms with van der Waals surface area (Å²) < 4.78 is 27.9. The Morgan fingerprint density at radius 3 is 2.62 bits per heavy atom. The van der Waals surface area contributed by atoms with Gasteiger partial charge in [0.1, 0.15) is 11.6 Å². The highest BCUT2D eigenvalue weighted by molar-refractivity contribution is 7.26. The molecule has 0 atom stereocenters. The molecule has 4 heteroatoms. The molecule has 0 aliphatic rings. The summed E-state index contributed by atoms with van der Waals surface area (Å²) in [5.74, 6) is -1.10. The number of benzene rings is 2. The zero-order chi connectivity index (χ0) is 11.3. The molecular formula is C12H5ClF2S. The lowest BCUT2D eigenvalue weighted by Gasteiger charge is -1.94. The number of thiophene rings is 1. The molecule has 0 N–H and O–H groups in total. The zero-order valence-corrected chi connectivity index (χ0v) is 9.50. The lowest BCUT2D eigenvalue weighted by molar-refractivity contribution is 0.593. The van der Waals surface area contributed by atoms with Crippen LogP contribution in [0, 0.1) is 11.6 Å². The van der Waals surface area contributed by atoms with Crippen LogP contribution in [0.1, 0.15) is 0 Å². The normalized spacial score (nSPS) is 11.4. The van der Waals surface area contributed by atoms with Crippen molar-refractivity contribution in [2.24, 2.45) is 0 Å². The van der Waals surface area contributed by atoms with Crippen molar-refractivity contribution < 1.29 is 8.78 Å². The first-order valence-corrected chi connectivity index (χ1v) is 5.82. The van der Waals surface area contributed by atoms with Gasteiger partial charge in [-0.1, -0.05) is 23.7 Å². The van der Waals surface area contributed by atoms with E-state index in [1.54, 1.807) is 12.1 Å². The van der Waals surface area contributed by atoms with Gasteiger partial charge in [-0.15, -0.1) is 11.3 Å². The molecule has 0 fully saturated rings. The maximum Gasteiger partial charge on any atom is 0.143 e. The quantitative estimate of drug-likeness (QED) is 0.530. The summed E-state index contributed by atoms with van der Waals surface area (Å²) >= 11 is 7.26. The van der Waals surface area contributed by atoms with Crippen molar-refractivity contribution in [3.63, 3.8) is 0 Å². The van der Waals surface area contributed by atoms with E-state index in [9.17, 15) is 8.78 Å². The first kappa shape index (κ1) is 10.00. The molecule has 0 spiro atoms. The van der Waals surface area contributed by atoms with E-state index in [0.29, 0.717) is 15.1 Å². The number of halogens is 3. The minimum absolute atomic E-state index is 0.449. The van der Waals surface area contributed by atoms with Crippen LogP contribution in [0.5, 0.6) is 0 Å². The molecule has 0 radical (unpaired) electrons. The summed E-state index contributed by atoms with van der Waals surface area (Å²) in [6.45, 7) is 0. The summed E-state index contributed by atoms with van der Waals surface area (Å²) in [7, 11) is 0. The molecule has 0 saturated carbocycles. The number of hydrogen-bond donors (Lipinski definition) is 0. The first-order chi connectivity index (χ1) is 7.66. The van der Waals surface area contributed by atoms with Gasteiger partial charge >= 0.3 is 0 Å². The summed E-state index contributed by atoms with van der Waals surface area (Å²) in [6.07, 6.45) is 0. The molecule has 1 heterocycles. The Bertz CT molecular complexity index is 703. The van der Waals surface area contributed by atoms with Gasteiger partial charge in [0.25, 0.3) is 0 Å². The van der Waals surface area contributed by atoms with Crippen LogP contribution in [0.4, 0.5) is 8.78 Å². The Labute approximate surface area is 99.1 Å². The van der Waals surface area contributed by atoms with Crippen molar-refractivity contribution in [2.75, 3.05) is 0 Å². The van der Waals surface area contributed by atoms with Gasteiger partial charge in [-0.3, -0.25) is 0 Å². The van der Waals surface area contributed by atoms with Crippen LogP contribution < -0.4 is 0 Å². The van der Waals surface area contributed by atoms with E-state index in [-0.39, 0.29) is 0 Å². The third-order valence-electron chi connectivity index (χ3n) is 2.47. The van der Waals surface area contributed by atoms with Crippen molar-refractivity contribution in [3.8, 4) is 0 Å². The van der Waals surface area contributed by atoms with Gasteiger partial charge in [0.15, 0.2) is 0 Å². The molecule has 0 bridgehead atoms. The average Bonchev–Trinajstić information content (AvgIpc) is 2.59. The summed E-state index contributed by atoms with van der Waals surface area (Å²) in [5.41, 5.74) is 0. The van der Waals surface area contributed by atoms with Gasteiger partial charge in [0, 0.05) is 16.8 Å². The Morgan fingerprint density at radius 2 is 1.81 bits per heavy atom. The Hall–Kier alpha value is -1.19. The fourth-order valence-corrected chi connectivity index (χ4v) is 3.17. The van der Waals surface area contributed by atoms with Gasteiger partial charge in [-0.2, -0.15) is 0 Å². The van der Waals surface area contributed by atoms with Gasteiger partial charge in [0.05, 0.1) is 14.4 Å². The molecule has 0 unspecified atom stereocenters. The maximum absolute atomic E-state index is 13.5. The van der Waals surface area contributed by atoms with Crippen molar-refractivity contribution in [2.45, 2.75) is 0 Å². The summed E-state index contributed by atoms with van der Waals surface area (Å²) in [4.78, 5) is 0. The van der Waals surface area contributed by atoms with Gasteiger partial charge < -0.3 is 0 Å². The van der Waals surface area contributed by atoms with Crippen LogP contribution in [0.2, 0.25) is 5.02 Å². The van der Waals surface area contributed by atoms with Gasteiger partial charge in [0.2, 0.25) is 0 Å². The summed E-state index contributed by atoms with van der Waals surface area (Å²) in [5, 5.41) is 1.95. The number of hydrogen-bond acceptors (Lipinski definition) is 1. The fourth-order valence-electron chi connectivity index (χ4n) is 1.79. The molecule has 0 saturated heterocycles. The highest BCUT2D eigenvalue weighted by Crippen LogP contribution is 2.39. The Balaban J connectivity index is 2.61. The SMILES string of the molecule is Fc1cc(F)c2sc3c(Cl)cccc3c2c1. The van der Waals surface area contributed by atoms with Gasteiger partial charge in [-0.05, 0) is 12.1 Å². The van der Waals surface area contributed by atoms with Crippen molar-refractivity contribution >= 4 is 43.1 Å². The standard InChI is InChI=1S/C12H5ClF2S/c13-9-3-1-2-7-8-4-6(14)5-10(15)12(8)16-11(7)9/h1-5H. The fraction of sp³-hybridized carbons (Fsp3) is 0. The molecule has 3 aromatic rings. The largest absolute Gasteiger partial charge is 0.207 e. The molecule has 0 aliphatic carbocycles. The smallest absolute Gasteiger partial charge is 0.143 e. The minimum Gasteiger partial charge on any atom is -0.207 e. The molecule has 0 nitrogen and oxygen atoms in total. The molecule has 16 heavy (non-hydrogen) atoms. The monoisotopic (exact) mass is 254 g/mol. The van der Waals surface area contributed by atoms with E-state index < -0.39 is 11.6 Å². The molecule has 0 amide bonds. The van der Waals surface area contributed by atoms with Crippen LogP contribution >= 0.6 is 22.9 Å². The molecule has 3 rings (SSSR count). The number of fused-ring (bicyclic) bond motifs is 3. The second kappa shape index (κ2) is 3.40. The highest BCUT2D eigenvalue weighted by Gasteiger charge is 2.12. The predicted octanol–water partition coefficient (Wildman–Crippen LogP) is 4.99. The lowest BCUT2D eigenvalue weighted by atomic mass is 10.1. The molecule has 2 aromatic carbocycles. The van der Waals surface area contributed by atoms with Crippen LogP contribution in [0.3, 0.4) is 0 Å². The zero-order valence-electron chi connectivity index (χ0n) is 7.93. The molecular weight excluding hydrogens is 250 g/mol. The number of rotatable bonds is 0. The van der Waals surface area contributed by atoms with Crippen molar-refractivity contribution in [1.82, 2.24) is 0 Å². The summed E-state index contributed by atoms with van der Waals surface area (Å²) in [6, 6.07) is 7.57. The topological polar surface area (TPSA) is 0 Å². The average molecular weight is 255 g/mol. The van der Waals surface area contributed by atoms with E-state index in [1.807, 2.05) is 6.07 Å². The second-order valence-corrected chi connectivity index (χ2v) is 4.91. The van der Waals surface area contributed by atoms with Crippen molar-refractivity contribution in [1.29, 1.82) is 0 Å². The van der Waals surface area contributed by atoms with E-state index in [2.05, 4.69) is 0 Å². The Morgan fingerprint density at radius 1 is 1.00 bits per heavy atom. The minimum atomic E-state index is -0.565. The van der Waals surface area contributed by atoms with Crippen LogP contribution in [-0.4, -0.2) is 0 Å². The third kappa shape index (κ3) is 1.32. The molecule has 0 aliphatic heterocycles. The van der Waals surface area contributed by atoms with Crippen LogP contribution in [-0.2, 0) is 0 Å². The highest BCUT2D eigenvalue weighted by atomic mass is 35.5. The third-order valence-corrected chi connectivity index (χ3v) is 4.16. The molecule has 1 aromatic heterocycles. The maximum atomic E-state index is 13.5. The lowest BCUT2D eigenvalue weighted by Crippen LogP contribution is -1.78. The van der Waals surface area contributed by atoms with E-state index in [4.69, 9.17) is 11.6 Å². The van der Waals surface area contributed by atoms with E-state index >= 15 is 0 Å². The second-order valence-electron chi connectivity index (χ2n) is 3.48.